The van der Waals surface area contributed by atoms with Gasteiger partial charge in [-0.05, 0) is 80.2 Å². The van der Waals surface area contributed by atoms with Crippen LogP contribution in [0.4, 0.5) is 0 Å². The molecule has 7 rings (SSSR count). The molecular formula is C22H31N5. The van der Waals surface area contributed by atoms with E-state index in [0.29, 0.717) is 12.0 Å². The first kappa shape index (κ1) is 16.5. The van der Waals surface area contributed by atoms with Gasteiger partial charge in [0.1, 0.15) is 0 Å². The maximum Gasteiger partial charge on any atom is 0.206 e. The van der Waals surface area contributed by atoms with Crippen molar-refractivity contribution in [2.75, 3.05) is 6.54 Å². The predicted molar refractivity (Wildman–Crippen MR) is 107 cm³/mol. The van der Waals surface area contributed by atoms with Gasteiger partial charge in [-0.2, -0.15) is 0 Å². The number of aromatic nitrogens is 2. The van der Waals surface area contributed by atoms with Gasteiger partial charge in [-0.3, -0.25) is 21.4 Å². The van der Waals surface area contributed by atoms with Gasteiger partial charge in [-0.25, -0.2) is 0 Å². The number of pyridine rings is 1. The van der Waals surface area contributed by atoms with Crippen LogP contribution in [-0.4, -0.2) is 22.1 Å². The van der Waals surface area contributed by atoms with Gasteiger partial charge in [0, 0.05) is 36.6 Å². The summed E-state index contributed by atoms with van der Waals surface area (Å²) in [5, 5.41) is 8.72. The monoisotopic (exact) mass is 365 g/mol. The van der Waals surface area contributed by atoms with E-state index in [-0.39, 0.29) is 0 Å². The van der Waals surface area contributed by atoms with E-state index in [0.717, 1.165) is 41.1 Å². The van der Waals surface area contributed by atoms with Crippen LogP contribution in [0.3, 0.4) is 0 Å². The van der Waals surface area contributed by atoms with Crippen LogP contribution in [0.25, 0.3) is 10.9 Å². The van der Waals surface area contributed by atoms with Gasteiger partial charge in [-0.1, -0.05) is 6.42 Å². The number of hydrogen-bond donors (Lipinski definition) is 3. The molecule has 3 heterocycles. The summed E-state index contributed by atoms with van der Waals surface area (Å²) in [7, 11) is 0. The summed E-state index contributed by atoms with van der Waals surface area (Å²) in [6.07, 6.45) is 16.1. The third kappa shape index (κ3) is 2.51. The van der Waals surface area contributed by atoms with Crippen LogP contribution in [0.5, 0.6) is 0 Å². The van der Waals surface area contributed by atoms with E-state index in [2.05, 4.69) is 38.6 Å². The van der Waals surface area contributed by atoms with Crippen molar-refractivity contribution in [1.29, 1.82) is 0 Å². The van der Waals surface area contributed by atoms with E-state index >= 15 is 0 Å². The lowest BCUT2D eigenvalue weighted by molar-refractivity contribution is -0.0425. The molecule has 0 spiro atoms. The Morgan fingerprint density at radius 3 is 2.74 bits per heavy atom. The molecule has 0 radical (unpaired) electrons. The highest BCUT2D eigenvalue weighted by Crippen LogP contribution is 2.54. The van der Waals surface area contributed by atoms with Crippen molar-refractivity contribution >= 4 is 10.9 Å². The molecule has 5 unspecified atom stereocenters. The number of hydrogen-bond acceptors (Lipinski definition) is 4. The third-order valence-electron chi connectivity index (χ3n) is 8.33. The highest BCUT2D eigenvalue weighted by atomic mass is 15.5. The van der Waals surface area contributed by atoms with Crippen molar-refractivity contribution in [3.8, 4) is 0 Å². The van der Waals surface area contributed by atoms with Crippen molar-refractivity contribution in [1.82, 2.24) is 20.2 Å². The Kier molecular flexibility index (Phi) is 3.69. The molecule has 5 aliphatic rings. The summed E-state index contributed by atoms with van der Waals surface area (Å²) in [4.78, 5) is 4.49. The number of nitrogens with zero attached hydrogens (tertiary/aromatic N) is 2. The Hall–Kier alpha value is -1.43. The molecule has 4 aliphatic carbocycles. The summed E-state index contributed by atoms with van der Waals surface area (Å²) in [5.74, 6) is 3.62. The fourth-order valence-electron chi connectivity index (χ4n) is 7.09. The Balaban J connectivity index is 1.36. The van der Waals surface area contributed by atoms with Gasteiger partial charge in [-0.15, -0.1) is 0 Å². The van der Waals surface area contributed by atoms with Crippen LogP contribution in [0.15, 0.2) is 30.7 Å². The highest BCUT2D eigenvalue weighted by molar-refractivity contribution is 5.77. The second-order valence-electron chi connectivity index (χ2n) is 9.57. The molecule has 2 aromatic rings. The Morgan fingerprint density at radius 1 is 1.04 bits per heavy atom. The normalized spacial score (nSPS) is 43.9. The molecule has 2 aromatic heterocycles. The highest BCUT2D eigenvalue weighted by Gasteiger charge is 2.52. The van der Waals surface area contributed by atoms with Gasteiger partial charge >= 0.3 is 0 Å². The van der Waals surface area contributed by atoms with E-state index in [1.165, 1.54) is 44.9 Å². The summed E-state index contributed by atoms with van der Waals surface area (Å²) in [6, 6.07) is 4.63. The maximum absolute atomic E-state index is 6.94. The average Bonchev–Trinajstić information content (AvgIpc) is 3.06. The molecule has 4 saturated carbocycles. The summed E-state index contributed by atoms with van der Waals surface area (Å²) in [6.45, 7) is 1.01. The van der Waals surface area contributed by atoms with Crippen LogP contribution in [0, 0.1) is 29.6 Å². The number of nitrogens with two attached hydrogens (primary N) is 1. The van der Waals surface area contributed by atoms with E-state index < -0.39 is 5.91 Å². The van der Waals surface area contributed by atoms with Gasteiger partial charge in [0.2, 0.25) is 5.91 Å². The lowest BCUT2D eigenvalue weighted by Crippen LogP contribution is -2.74. The summed E-state index contributed by atoms with van der Waals surface area (Å²) < 4.78 is 2.11. The molecule has 27 heavy (non-hydrogen) atoms. The molecule has 1 saturated heterocycles. The minimum atomic E-state index is -0.715. The number of fused-ring (bicyclic) bond motifs is 4. The van der Waals surface area contributed by atoms with Gasteiger partial charge < -0.3 is 4.57 Å². The topological polar surface area (TPSA) is 67.9 Å². The Labute approximate surface area is 161 Å². The standard InChI is InChI=1S/C22H31N5/c23-22(27-12-17-4-2-10-24-19(17)13-27)25-11-16-3-1-5-18-14-6-8-15(9-7-14)20(18)21(16)26-22/h2,4,10,12-16,18,20-21,25-26H,1,3,5-9,11,23H2. The van der Waals surface area contributed by atoms with E-state index in [1.54, 1.807) is 0 Å². The molecule has 1 aliphatic heterocycles. The zero-order valence-corrected chi connectivity index (χ0v) is 16.0. The largest absolute Gasteiger partial charge is 0.308 e. The fourth-order valence-corrected chi connectivity index (χ4v) is 7.09. The maximum atomic E-state index is 6.94. The van der Waals surface area contributed by atoms with Crippen molar-refractivity contribution in [2.24, 2.45) is 35.3 Å². The molecule has 144 valence electrons. The third-order valence-corrected chi connectivity index (χ3v) is 8.33. The van der Waals surface area contributed by atoms with Crippen molar-refractivity contribution in [3.63, 3.8) is 0 Å². The zero-order chi connectivity index (χ0) is 18.0. The van der Waals surface area contributed by atoms with Gasteiger partial charge in [0.15, 0.2) is 0 Å². The first-order chi connectivity index (χ1) is 13.2. The quantitative estimate of drug-likeness (QED) is 0.727. The Morgan fingerprint density at radius 2 is 1.89 bits per heavy atom. The number of nitrogens with one attached hydrogen (secondary N) is 2. The summed E-state index contributed by atoms with van der Waals surface area (Å²) in [5.41, 5.74) is 7.94. The van der Waals surface area contributed by atoms with Gasteiger partial charge in [0.05, 0.1) is 5.52 Å². The van der Waals surface area contributed by atoms with Crippen molar-refractivity contribution < 1.29 is 0 Å². The van der Waals surface area contributed by atoms with Crippen LogP contribution in [0.1, 0.15) is 44.9 Å². The first-order valence-corrected chi connectivity index (χ1v) is 11.0. The van der Waals surface area contributed by atoms with E-state index in [1.807, 2.05) is 12.3 Å². The molecule has 0 aromatic carbocycles. The second-order valence-corrected chi connectivity index (χ2v) is 9.57. The van der Waals surface area contributed by atoms with Crippen LogP contribution >= 0.6 is 0 Å². The SMILES string of the molecule is NC1(n2cc3cccnc3c2)NCC2CCCC3C4CCC(CC4)C3C2N1. The Bertz CT molecular complexity index is 805. The van der Waals surface area contributed by atoms with E-state index in [4.69, 9.17) is 5.73 Å². The fraction of sp³-hybridized carbons (Fsp3) is 0.682. The molecule has 5 heteroatoms. The molecule has 5 fully saturated rings. The molecule has 5 atom stereocenters. The minimum Gasteiger partial charge on any atom is -0.308 e. The smallest absolute Gasteiger partial charge is 0.206 e. The van der Waals surface area contributed by atoms with Crippen LogP contribution in [-0.2, 0) is 5.91 Å². The molecule has 0 amide bonds. The predicted octanol–water partition coefficient (Wildman–Crippen LogP) is 2.98. The first-order valence-electron chi connectivity index (χ1n) is 11.0. The average molecular weight is 366 g/mol. The van der Waals surface area contributed by atoms with Crippen LogP contribution in [0.2, 0.25) is 0 Å². The molecular weight excluding hydrogens is 334 g/mol. The molecule has 2 bridgehead atoms. The number of rotatable bonds is 1. The minimum absolute atomic E-state index is 0.537. The van der Waals surface area contributed by atoms with E-state index in [9.17, 15) is 0 Å². The summed E-state index contributed by atoms with van der Waals surface area (Å²) >= 11 is 0. The lowest BCUT2D eigenvalue weighted by atomic mass is 9.55. The van der Waals surface area contributed by atoms with Gasteiger partial charge in [0.25, 0.3) is 0 Å². The zero-order valence-electron chi connectivity index (χ0n) is 16.0. The lowest BCUT2D eigenvalue weighted by Gasteiger charge is -2.55. The van der Waals surface area contributed by atoms with Crippen molar-refractivity contribution in [3.05, 3.63) is 30.7 Å². The second kappa shape index (κ2) is 6.03. The molecule has 4 N–H and O–H groups in total. The molecule has 5 nitrogen and oxygen atoms in total. The van der Waals surface area contributed by atoms with Crippen LogP contribution < -0.4 is 16.4 Å². The van der Waals surface area contributed by atoms with Crippen molar-refractivity contribution in [2.45, 2.75) is 56.9 Å².